The van der Waals surface area contributed by atoms with E-state index in [1.807, 2.05) is 13.8 Å². The molecular formula is C46H74N12O11S2. The molecule has 25 heteroatoms. The molecule has 396 valence electrons. The van der Waals surface area contributed by atoms with E-state index in [0.717, 1.165) is 0 Å². The molecule has 0 unspecified atom stereocenters. The highest BCUT2D eigenvalue weighted by molar-refractivity contribution is 7.98. The van der Waals surface area contributed by atoms with Crippen molar-refractivity contribution in [2.24, 2.45) is 23.3 Å². The number of aliphatic hydroxyl groups is 1. The van der Waals surface area contributed by atoms with Gasteiger partial charge in [0.25, 0.3) is 0 Å². The summed E-state index contributed by atoms with van der Waals surface area (Å²) in [5.74, 6) is -7.92. The Bertz CT molecular complexity index is 2030. The van der Waals surface area contributed by atoms with E-state index in [1.165, 1.54) is 25.0 Å². The number of imidazole rings is 1. The van der Waals surface area contributed by atoms with Gasteiger partial charge < -0.3 is 69.2 Å². The number of hydrogen-bond donors (Lipinski definition) is 14. The van der Waals surface area contributed by atoms with Crippen molar-refractivity contribution < 1.29 is 53.4 Å². The van der Waals surface area contributed by atoms with Gasteiger partial charge in [-0.2, -0.15) is 24.4 Å². The van der Waals surface area contributed by atoms with Crippen molar-refractivity contribution in [2.75, 3.05) is 30.9 Å². The maximum absolute atomic E-state index is 14.2. The van der Waals surface area contributed by atoms with Crippen LogP contribution in [-0.2, 0) is 56.0 Å². The van der Waals surface area contributed by atoms with Crippen molar-refractivity contribution in [3.63, 3.8) is 0 Å². The standard InChI is InChI=1S/C46H74N12O11S2/c1-25(2)18-33(55-44(66)37(26(3)4)57-39(61)30(48)20-29-21-49-24-51-29)43(65)53-31(14-10-11-16-47)41(63)54-34(19-28-12-8-7-9-13-28)40(62)50-22-36(60)52-32(15-17-71-6)42(64)58-38(27(5)59)45(67)56-35(23-70)46(68)69/h7-9,12-13,21,24-27,30-35,37-38,59,70H,10-11,14-20,22-23,47-48H2,1-6H3,(H,49,51)(H,50,62)(H,52,60)(H,53,65)(H,54,63)(H,55,66)(H,56,67)(H,57,61)(H,58,64)(H,68,69)/t27-,30+,31+,32+,33+,34+,35+,37+,38+/m1/s1. The van der Waals surface area contributed by atoms with E-state index >= 15 is 0 Å². The minimum atomic E-state index is -1.59. The largest absolute Gasteiger partial charge is 0.480 e. The highest BCUT2D eigenvalue weighted by Crippen LogP contribution is 2.12. The van der Waals surface area contributed by atoms with Gasteiger partial charge in [0.2, 0.25) is 47.3 Å². The van der Waals surface area contributed by atoms with E-state index in [0.29, 0.717) is 36.4 Å². The summed E-state index contributed by atoms with van der Waals surface area (Å²) in [6.45, 7) is 7.99. The molecule has 0 saturated carbocycles. The van der Waals surface area contributed by atoms with Crippen LogP contribution in [0.2, 0.25) is 0 Å². The van der Waals surface area contributed by atoms with Gasteiger partial charge in [-0.15, -0.1) is 0 Å². The first-order valence-corrected chi connectivity index (χ1v) is 25.5. The summed E-state index contributed by atoms with van der Waals surface area (Å²) in [5.41, 5.74) is 13.1. The van der Waals surface area contributed by atoms with Crippen molar-refractivity contribution in [3.8, 4) is 0 Å². The zero-order valence-electron chi connectivity index (χ0n) is 41.2. The monoisotopic (exact) mass is 1030 g/mol. The van der Waals surface area contributed by atoms with Crippen LogP contribution in [0, 0.1) is 11.8 Å². The van der Waals surface area contributed by atoms with E-state index in [4.69, 9.17) is 11.5 Å². The molecular weight excluding hydrogens is 961 g/mol. The Labute approximate surface area is 424 Å². The highest BCUT2D eigenvalue weighted by atomic mass is 32.2. The fourth-order valence-electron chi connectivity index (χ4n) is 6.99. The number of aliphatic carboxylic acids is 1. The highest BCUT2D eigenvalue weighted by Gasteiger charge is 2.35. The van der Waals surface area contributed by atoms with Crippen LogP contribution in [0.4, 0.5) is 0 Å². The van der Waals surface area contributed by atoms with Crippen molar-refractivity contribution in [2.45, 2.75) is 134 Å². The average molecular weight is 1040 g/mol. The Hall–Kier alpha value is -5.76. The molecule has 0 aliphatic carbocycles. The number of aromatic nitrogens is 2. The van der Waals surface area contributed by atoms with Gasteiger partial charge in [0.05, 0.1) is 30.7 Å². The minimum Gasteiger partial charge on any atom is -0.480 e. The van der Waals surface area contributed by atoms with Crippen LogP contribution in [0.25, 0.3) is 0 Å². The van der Waals surface area contributed by atoms with Gasteiger partial charge in [-0.1, -0.05) is 58.0 Å². The molecule has 0 saturated heterocycles. The zero-order valence-corrected chi connectivity index (χ0v) is 42.9. The van der Waals surface area contributed by atoms with Crippen LogP contribution >= 0.6 is 24.4 Å². The molecule has 15 N–H and O–H groups in total. The van der Waals surface area contributed by atoms with E-state index < -0.39 is 120 Å². The van der Waals surface area contributed by atoms with E-state index in [2.05, 4.69) is 65.1 Å². The number of hydrogen-bond acceptors (Lipinski definition) is 15. The lowest BCUT2D eigenvalue weighted by Crippen LogP contribution is -2.60. The third kappa shape index (κ3) is 22.5. The van der Waals surface area contributed by atoms with Gasteiger partial charge in [0, 0.05) is 24.8 Å². The fourth-order valence-corrected chi connectivity index (χ4v) is 7.71. The number of thioether (sulfide) groups is 1. The number of unbranched alkanes of at least 4 members (excludes halogenated alkanes) is 1. The van der Waals surface area contributed by atoms with Gasteiger partial charge in [-0.05, 0) is 75.0 Å². The number of amides is 8. The third-order valence-electron chi connectivity index (χ3n) is 10.9. The maximum Gasteiger partial charge on any atom is 0.327 e. The first-order valence-electron chi connectivity index (χ1n) is 23.5. The number of aliphatic hydroxyl groups excluding tert-OH is 1. The Morgan fingerprint density at radius 2 is 1.28 bits per heavy atom. The van der Waals surface area contributed by atoms with Crippen LogP contribution in [0.5, 0.6) is 0 Å². The Balaban J connectivity index is 2.29. The molecule has 8 amide bonds. The number of carbonyl (C=O) groups excluding carboxylic acids is 8. The Kier molecular flexibility index (Phi) is 27.9. The Morgan fingerprint density at radius 1 is 0.704 bits per heavy atom. The van der Waals surface area contributed by atoms with Gasteiger partial charge in [-0.25, -0.2) is 9.78 Å². The number of nitrogens with zero attached hydrogens (tertiary/aromatic N) is 1. The first-order chi connectivity index (χ1) is 33.6. The summed E-state index contributed by atoms with van der Waals surface area (Å²) in [6, 6.07) is -1.30. The topological polar surface area (TPSA) is 371 Å². The molecule has 2 aromatic rings. The number of rotatable bonds is 33. The molecule has 0 spiro atoms. The number of carboxylic acids is 1. The molecule has 1 aromatic carbocycles. The van der Waals surface area contributed by atoms with Crippen molar-refractivity contribution in [1.82, 2.24) is 52.5 Å². The molecule has 1 heterocycles. The number of carboxylic acid groups (broad SMARTS) is 1. The van der Waals surface area contributed by atoms with Crippen molar-refractivity contribution in [1.29, 1.82) is 0 Å². The molecule has 2 rings (SSSR count). The minimum absolute atomic E-state index is 0.0410. The maximum atomic E-state index is 14.2. The summed E-state index contributed by atoms with van der Waals surface area (Å²) >= 11 is 5.27. The van der Waals surface area contributed by atoms with Gasteiger partial charge in [-0.3, -0.25) is 38.4 Å². The smallest absolute Gasteiger partial charge is 0.327 e. The van der Waals surface area contributed by atoms with E-state index in [9.17, 15) is 53.4 Å². The predicted molar refractivity (Wildman–Crippen MR) is 270 cm³/mol. The second-order valence-corrected chi connectivity index (χ2v) is 19.2. The van der Waals surface area contributed by atoms with Gasteiger partial charge >= 0.3 is 5.97 Å². The lowest BCUT2D eigenvalue weighted by atomic mass is 9.98. The number of H-pyrrole nitrogens is 1. The third-order valence-corrected chi connectivity index (χ3v) is 12.0. The van der Waals surface area contributed by atoms with E-state index in [1.54, 1.807) is 56.6 Å². The fraction of sp³-hybridized carbons (Fsp3) is 0.609. The van der Waals surface area contributed by atoms with Crippen LogP contribution < -0.4 is 54.0 Å². The molecule has 1 aromatic heterocycles. The number of aromatic amines is 1. The number of carbonyl (C=O) groups is 9. The molecule has 0 aliphatic rings. The molecule has 0 aliphatic heterocycles. The molecule has 0 radical (unpaired) electrons. The number of nitrogens with one attached hydrogen (secondary N) is 9. The quantitative estimate of drug-likeness (QED) is 0.0272. The number of thiol groups is 1. The number of benzene rings is 1. The zero-order chi connectivity index (χ0) is 53.2. The van der Waals surface area contributed by atoms with Crippen LogP contribution in [-0.4, -0.2) is 159 Å². The summed E-state index contributed by atoms with van der Waals surface area (Å²) in [4.78, 5) is 127. The van der Waals surface area contributed by atoms with Gasteiger partial charge in [0.1, 0.15) is 42.3 Å². The predicted octanol–water partition coefficient (Wildman–Crippen LogP) is -1.99. The van der Waals surface area contributed by atoms with Gasteiger partial charge in [0.15, 0.2) is 0 Å². The summed E-state index contributed by atoms with van der Waals surface area (Å²) in [5, 5.41) is 40.2. The second-order valence-electron chi connectivity index (χ2n) is 17.8. The van der Waals surface area contributed by atoms with E-state index in [-0.39, 0.29) is 43.8 Å². The molecule has 23 nitrogen and oxygen atoms in total. The second kappa shape index (κ2) is 32.3. The first kappa shape index (κ1) is 61.4. The molecule has 9 atom stereocenters. The molecule has 0 fully saturated rings. The summed E-state index contributed by atoms with van der Waals surface area (Å²) in [7, 11) is 0. The average Bonchev–Trinajstić information content (AvgIpc) is 3.83. The summed E-state index contributed by atoms with van der Waals surface area (Å²) < 4.78 is 0. The summed E-state index contributed by atoms with van der Waals surface area (Å²) in [6.07, 6.45) is 4.65. The van der Waals surface area contributed by atoms with Crippen LogP contribution in [0.1, 0.15) is 78.0 Å². The Morgan fingerprint density at radius 3 is 1.85 bits per heavy atom. The van der Waals surface area contributed by atoms with Crippen molar-refractivity contribution >= 4 is 77.6 Å². The lowest BCUT2D eigenvalue weighted by Gasteiger charge is -2.28. The SMILES string of the molecule is CSCC[C@H](NC(=O)CNC(=O)[C@H](Cc1ccccc1)NC(=O)[C@H](CCCCN)NC(=O)[C@H](CC(C)C)NC(=O)[C@@H](NC(=O)[C@@H](N)Cc1c[nH]cn1)C(C)C)C(=O)N[C@H](C(=O)N[C@@H](CS)C(=O)O)[C@@H](C)O. The number of nitrogens with two attached hydrogens (primary N) is 2. The van der Waals surface area contributed by atoms with Crippen molar-refractivity contribution in [3.05, 3.63) is 54.1 Å². The van der Waals surface area contributed by atoms with Crippen LogP contribution in [0.15, 0.2) is 42.9 Å². The normalized spacial score (nSPS) is 15.0. The molecule has 0 bridgehead atoms. The molecule has 71 heavy (non-hydrogen) atoms. The lowest BCUT2D eigenvalue weighted by molar-refractivity contribution is -0.142. The van der Waals surface area contributed by atoms with Crippen LogP contribution in [0.3, 0.4) is 0 Å².